The fraction of sp³-hybridized carbons (Fsp3) is 0.500. The Kier molecular flexibility index (Phi) is 3.58. The molecule has 1 aromatic heterocycles. The highest BCUT2D eigenvalue weighted by molar-refractivity contribution is 6.30. The Morgan fingerprint density at radius 2 is 2.21 bits per heavy atom. The van der Waals surface area contributed by atoms with E-state index in [-0.39, 0.29) is 0 Å². The van der Waals surface area contributed by atoms with Crippen LogP contribution in [0.15, 0.2) is 12.3 Å². The smallest absolute Gasteiger partial charge is 0.152 e. The van der Waals surface area contributed by atoms with Crippen molar-refractivity contribution >= 4 is 23.1 Å². The Balaban J connectivity index is 3.04. The number of hydrogen-bond donors (Lipinski definition) is 1. The molecule has 0 fully saturated rings. The molecule has 1 aromatic rings. The van der Waals surface area contributed by atoms with Crippen LogP contribution in [0.3, 0.4) is 0 Å². The number of pyridine rings is 1. The van der Waals surface area contributed by atoms with E-state index in [4.69, 9.17) is 17.3 Å². The lowest BCUT2D eigenvalue weighted by atomic mass is 10.3. The summed E-state index contributed by atoms with van der Waals surface area (Å²) in [7, 11) is 0. The minimum Gasteiger partial charge on any atom is -0.396 e. The molecule has 0 unspecified atom stereocenters. The van der Waals surface area contributed by atoms with Gasteiger partial charge < -0.3 is 10.6 Å². The van der Waals surface area contributed by atoms with Gasteiger partial charge in [-0.3, -0.25) is 0 Å². The maximum Gasteiger partial charge on any atom is 0.152 e. The Morgan fingerprint density at radius 3 is 2.64 bits per heavy atom. The van der Waals surface area contributed by atoms with Crippen molar-refractivity contribution in [3.63, 3.8) is 0 Å². The maximum absolute atomic E-state index is 5.85. The molecule has 0 saturated heterocycles. The Bertz CT molecular complexity index is 312. The first-order valence-corrected chi connectivity index (χ1v) is 5.11. The molecular formula is C10H16ClN3. The molecule has 0 amide bonds. The highest BCUT2D eigenvalue weighted by atomic mass is 35.5. The molecule has 0 bridgehead atoms. The van der Waals surface area contributed by atoms with Gasteiger partial charge in [-0.1, -0.05) is 11.6 Å². The molecule has 0 aliphatic rings. The van der Waals surface area contributed by atoms with Gasteiger partial charge in [-0.15, -0.1) is 0 Å². The lowest BCUT2D eigenvalue weighted by molar-refractivity contribution is 0.694. The van der Waals surface area contributed by atoms with Gasteiger partial charge in [-0.25, -0.2) is 4.98 Å². The zero-order valence-corrected chi connectivity index (χ0v) is 9.54. The molecule has 0 saturated carbocycles. The Morgan fingerprint density at radius 1 is 1.57 bits per heavy atom. The molecule has 2 N–H and O–H groups in total. The van der Waals surface area contributed by atoms with E-state index in [0.717, 1.165) is 12.4 Å². The molecule has 0 spiro atoms. The molecule has 14 heavy (non-hydrogen) atoms. The van der Waals surface area contributed by atoms with Crippen LogP contribution < -0.4 is 10.6 Å². The highest BCUT2D eigenvalue weighted by Gasteiger charge is 2.12. The molecule has 1 heterocycles. The van der Waals surface area contributed by atoms with Gasteiger partial charge in [-0.05, 0) is 26.8 Å². The topological polar surface area (TPSA) is 42.2 Å². The summed E-state index contributed by atoms with van der Waals surface area (Å²) in [6, 6.07) is 2.12. The maximum atomic E-state index is 5.85. The number of aromatic nitrogens is 1. The van der Waals surface area contributed by atoms with Crippen LogP contribution in [0.25, 0.3) is 0 Å². The first kappa shape index (κ1) is 11.1. The molecule has 0 atom stereocenters. The molecule has 78 valence electrons. The molecule has 0 aliphatic heterocycles. The van der Waals surface area contributed by atoms with Crippen LogP contribution in [0.4, 0.5) is 11.5 Å². The standard InChI is InChI=1S/C10H16ClN3/c1-4-14(7(2)3)10-9(12)5-8(11)6-13-10/h5-7H,4,12H2,1-3H3. The summed E-state index contributed by atoms with van der Waals surface area (Å²) in [6.07, 6.45) is 1.62. The summed E-state index contributed by atoms with van der Waals surface area (Å²) in [5.74, 6) is 0.812. The predicted octanol–water partition coefficient (Wildman–Crippen LogP) is 2.55. The summed E-state index contributed by atoms with van der Waals surface area (Å²) >= 11 is 5.78. The van der Waals surface area contributed by atoms with Crippen LogP contribution >= 0.6 is 11.6 Å². The number of rotatable bonds is 3. The van der Waals surface area contributed by atoms with Gasteiger partial charge in [0, 0.05) is 18.8 Å². The second-order valence-electron chi connectivity index (χ2n) is 3.45. The van der Waals surface area contributed by atoms with Gasteiger partial charge in [0.2, 0.25) is 0 Å². The zero-order chi connectivity index (χ0) is 10.7. The first-order chi connectivity index (χ1) is 6.56. The first-order valence-electron chi connectivity index (χ1n) is 4.74. The quantitative estimate of drug-likeness (QED) is 0.839. The minimum atomic E-state index is 0.385. The van der Waals surface area contributed by atoms with Gasteiger partial charge in [0.05, 0.1) is 10.7 Å². The van der Waals surface area contributed by atoms with E-state index in [1.54, 1.807) is 12.3 Å². The second-order valence-corrected chi connectivity index (χ2v) is 3.88. The van der Waals surface area contributed by atoms with E-state index < -0.39 is 0 Å². The molecule has 0 aliphatic carbocycles. The zero-order valence-electron chi connectivity index (χ0n) is 8.79. The number of hydrogen-bond acceptors (Lipinski definition) is 3. The summed E-state index contributed by atoms with van der Waals surface area (Å²) in [5.41, 5.74) is 6.48. The Labute approximate surface area is 89.9 Å². The van der Waals surface area contributed by atoms with Crippen molar-refractivity contribution in [3.05, 3.63) is 17.3 Å². The summed E-state index contributed by atoms with van der Waals surface area (Å²) in [6.45, 7) is 7.19. The number of anilines is 2. The fourth-order valence-corrected chi connectivity index (χ4v) is 1.61. The van der Waals surface area contributed by atoms with E-state index in [1.165, 1.54) is 0 Å². The fourth-order valence-electron chi connectivity index (χ4n) is 1.45. The second kappa shape index (κ2) is 4.51. The lowest BCUT2D eigenvalue weighted by Gasteiger charge is -2.27. The van der Waals surface area contributed by atoms with Crippen molar-refractivity contribution in [1.29, 1.82) is 0 Å². The molecule has 1 rings (SSSR count). The summed E-state index contributed by atoms with van der Waals surface area (Å²) in [4.78, 5) is 6.37. The third kappa shape index (κ3) is 2.29. The molecule has 0 radical (unpaired) electrons. The van der Waals surface area contributed by atoms with E-state index in [1.807, 2.05) is 0 Å². The average molecular weight is 214 g/mol. The van der Waals surface area contributed by atoms with Gasteiger partial charge in [-0.2, -0.15) is 0 Å². The molecule has 3 nitrogen and oxygen atoms in total. The van der Waals surface area contributed by atoms with E-state index in [2.05, 4.69) is 30.7 Å². The summed E-state index contributed by atoms with van der Waals surface area (Å²) in [5, 5.41) is 0.575. The Hall–Kier alpha value is -0.960. The van der Waals surface area contributed by atoms with Gasteiger partial charge >= 0.3 is 0 Å². The monoisotopic (exact) mass is 213 g/mol. The van der Waals surface area contributed by atoms with Crippen LogP contribution in [-0.2, 0) is 0 Å². The van der Waals surface area contributed by atoms with Crippen molar-refractivity contribution in [1.82, 2.24) is 4.98 Å². The molecule has 0 aromatic carbocycles. The normalized spacial score (nSPS) is 10.6. The van der Waals surface area contributed by atoms with Crippen LogP contribution in [0, 0.1) is 0 Å². The lowest BCUT2D eigenvalue weighted by Crippen LogP contribution is -2.31. The van der Waals surface area contributed by atoms with Crippen LogP contribution in [0.5, 0.6) is 0 Å². The largest absolute Gasteiger partial charge is 0.396 e. The van der Waals surface area contributed by atoms with Crippen LogP contribution in [0.2, 0.25) is 5.02 Å². The minimum absolute atomic E-state index is 0.385. The van der Waals surface area contributed by atoms with E-state index in [9.17, 15) is 0 Å². The van der Waals surface area contributed by atoms with E-state index >= 15 is 0 Å². The third-order valence-corrected chi connectivity index (χ3v) is 2.30. The van der Waals surface area contributed by atoms with Crippen molar-refractivity contribution in [2.24, 2.45) is 0 Å². The predicted molar refractivity (Wildman–Crippen MR) is 61.8 cm³/mol. The van der Waals surface area contributed by atoms with Crippen molar-refractivity contribution in [2.75, 3.05) is 17.2 Å². The van der Waals surface area contributed by atoms with Gasteiger partial charge in [0.15, 0.2) is 5.82 Å². The summed E-state index contributed by atoms with van der Waals surface area (Å²) < 4.78 is 0. The number of nitrogens with two attached hydrogens (primary N) is 1. The SMILES string of the molecule is CCN(c1ncc(Cl)cc1N)C(C)C. The van der Waals surface area contributed by atoms with Crippen LogP contribution in [0.1, 0.15) is 20.8 Å². The van der Waals surface area contributed by atoms with Crippen molar-refractivity contribution in [2.45, 2.75) is 26.8 Å². The number of halogens is 1. The number of nitrogens with zero attached hydrogens (tertiary/aromatic N) is 2. The molecular weight excluding hydrogens is 198 g/mol. The average Bonchev–Trinajstić information content (AvgIpc) is 2.09. The van der Waals surface area contributed by atoms with Crippen LogP contribution in [-0.4, -0.2) is 17.6 Å². The van der Waals surface area contributed by atoms with Gasteiger partial charge in [0.25, 0.3) is 0 Å². The van der Waals surface area contributed by atoms with E-state index in [0.29, 0.717) is 16.8 Å². The molecule has 4 heteroatoms. The van der Waals surface area contributed by atoms with Gasteiger partial charge in [0.1, 0.15) is 0 Å². The van der Waals surface area contributed by atoms with Crippen molar-refractivity contribution < 1.29 is 0 Å². The van der Waals surface area contributed by atoms with Crippen molar-refractivity contribution in [3.8, 4) is 0 Å². The number of nitrogen functional groups attached to an aromatic ring is 1. The third-order valence-electron chi connectivity index (χ3n) is 2.10. The highest BCUT2D eigenvalue weighted by Crippen LogP contribution is 2.24.